The van der Waals surface area contributed by atoms with Gasteiger partial charge < -0.3 is 10.0 Å². The molecule has 0 aliphatic carbocycles. The molecule has 0 saturated carbocycles. The summed E-state index contributed by atoms with van der Waals surface area (Å²) in [5.41, 5.74) is 2.12. The number of aryl methyl sites for hydroxylation is 1. The first-order valence-electron chi connectivity index (χ1n) is 10.7. The van der Waals surface area contributed by atoms with Crippen molar-refractivity contribution >= 4 is 45.9 Å². The van der Waals surface area contributed by atoms with Crippen molar-refractivity contribution in [2.24, 2.45) is 0 Å². The average Bonchev–Trinajstić information content (AvgIpc) is 3.28. The van der Waals surface area contributed by atoms with Gasteiger partial charge in [0.05, 0.1) is 5.69 Å². The van der Waals surface area contributed by atoms with Gasteiger partial charge in [0.2, 0.25) is 5.69 Å². The lowest BCUT2D eigenvalue weighted by atomic mass is 10.2. The molecule has 0 radical (unpaired) electrons. The molecule has 32 heavy (non-hydrogen) atoms. The molecule has 1 aromatic carbocycles. The number of unbranched alkanes of at least 4 members (excludes halogenated alkanes) is 1. The highest BCUT2D eigenvalue weighted by Crippen LogP contribution is 2.44. The molecule has 3 aromatic rings. The van der Waals surface area contributed by atoms with Crippen LogP contribution in [-0.4, -0.2) is 22.7 Å². The number of nitrogens with zero attached hydrogens (tertiary/aromatic N) is 3. The maximum absolute atomic E-state index is 13.5. The molecule has 0 saturated heterocycles. The Balaban J connectivity index is 1.83. The van der Waals surface area contributed by atoms with Crippen molar-refractivity contribution < 1.29 is 14.5 Å². The molecule has 8 heteroatoms. The molecule has 6 nitrogen and oxygen atoms in total. The molecule has 0 bridgehead atoms. The van der Waals surface area contributed by atoms with Gasteiger partial charge in [0.15, 0.2) is 6.20 Å². The molecule has 2 aromatic heterocycles. The van der Waals surface area contributed by atoms with Gasteiger partial charge in [-0.25, -0.2) is 0 Å². The standard InChI is InChI=1S/C24H25N3O3S2/c1-3-26-14-8-6-10-17(26)16-20-27(15-9-7-13-21(28)29)23(30)22(32-20)24-25(2)18-11-4-5-12-19(18)31-24/h4-6,8,10-12,14,16H,3,7,9,13,15H2,1-2H3/p+1/b24-22+. The first-order chi connectivity index (χ1) is 15.5. The van der Waals surface area contributed by atoms with E-state index in [0.29, 0.717) is 19.4 Å². The van der Waals surface area contributed by atoms with Gasteiger partial charge in [0.25, 0.3) is 5.56 Å². The van der Waals surface area contributed by atoms with Gasteiger partial charge in [-0.05, 0) is 38.0 Å². The highest BCUT2D eigenvalue weighted by molar-refractivity contribution is 8.08. The van der Waals surface area contributed by atoms with Crippen LogP contribution in [0, 0.1) is 0 Å². The average molecular weight is 469 g/mol. The number of thioether (sulfide) groups is 1. The SMILES string of the molecule is CC[n+]1ccccc1C=c1s/c(=C2/Sc3ccccc3N2C)c(=O)n1CCCCC(=O)O. The zero-order chi connectivity index (χ0) is 22.7. The number of para-hydroxylation sites is 1. The maximum Gasteiger partial charge on any atom is 0.303 e. The summed E-state index contributed by atoms with van der Waals surface area (Å²) in [5.74, 6) is -0.805. The first-order valence-corrected chi connectivity index (χ1v) is 12.3. The van der Waals surface area contributed by atoms with Gasteiger partial charge in [-0.1, -0.05) is 23.9 Å². The number of aromatic nitrogens is 2. The molecule has 1 N–H and O–H groups in total. The number of carbonyl (C=O) groups is 1. The number of hydrogen-bond acceptors (Lipinski definition) is 5. The number of rotatable bonds is 7. The molecule has 4 rings (SSSR count). The van der Waals surface area contributed by atoms with Crippen LogP contribution in [0.2, 0.25) is 0 Å². The van der Waals surface area contributed by atoms with Crippen molar-refractivity contribution in [2.75, 3.05) is 11.9 Å². The van der Waals surface area contributed by atoms with Crippen LogP contribution in [0.25, 0.3) is 11.1 Å². The Bertz CT molecular complexity index is 1330. The topological polar surface area (TPSA) is 66.4 Å². The number of aliphatic carboxylic acids is 1. The zero-order valence-electron chi connectivity index (χ0n) is 18.2. The van der Waals surface area contributed by atoms with Gasteiger partial charge in [0.1, 0.15) is 20.8 Å². The number of carboxylic acids is 1. The van der Waals surface area contributed by atoms with E-state index < -0.39 is 5.97 Å². The fourth-order valence-electron chi connectivity index (χ4n) is 3.76. The summed E-state index contributed by atoms with van der Waals surface area (Å²) < 4.78 is 5.54. The van der Waals surface area contributed by atoms with Crippen molar-refractivity contribution in [1.82, 2.24) is 4.57 Å². The predicted molar refractivity (Wildman–Crippen MR) is 129 cm³/mol. The molecule has 0 fully saturated rings. The van der Waals surface area contributed by atoms with Crippen LogP contribution in [-0.2, 0) is 17.9 Å². The van der Waals surface area contributed by atoms with Crippen molar-refractivity contribution in [3.05, 3.63) is 73.9 Å². The third-order valence-electron chi connectivity index (χ3n) is 5.45. The monoisotopic (exact) mass is 468 g/mol. The molecule has 1 aliphatic rings. The summed E-state index contributed by atoms with van der Waals surface area (Å²) in [6.45, 7) is 3.43. The minimum absolute atomic E-state index is 0.0160. The predicted octanol–water partition coefficient (Wildman–Crippen LogP) is 2.61. The van der Waals surface area contributed by atoms with Crippen LogP contribution in [0.4, 0.5) is 5.69 Å². The van der Waals surface area contributed by atoms with Crippen LogP contribution in [0.3, 0.4) is 0 Å². The van der Waals surface area contributed by atoms with Crippen LogP contribution >= 0.6 is 23.1 Å². The molecule has 0 atom stereocenters. The van der Waals surface area contributed by atoms with Crippen molar-refractivity contribution in [3.63, 3.8) is 0 Å². The van der Waals surface area contributed by atoms with E-state index in [4.69, 9.17) is 5.11 Å². The quantitative estimate of drug-likeness (QED) is 0.427. The molecule has 3 heterocycles. The molecule has 0 spiro atoms. The Kier molecular flexibility index (Phi) is 6.81. The van der Waals surface area contributed by atoms with Crippen LogP contribution in [0.1, 0.15) is 31.9 Å². The van der Waals surface area contributed by atoms with Crippen molar-refractivity contribution in [2.45, 2.75) is 44.2 Å². The van der Waals surface area contributed by atoms with E-state index in [0.717, 1.165) is 37.0 Å². The summed E-state index contributed by atoms with van der Waals surface area (Å²) in [7, 11) is 2.00. The molecular formula is C24H26N3O3S2+. The normalized spacial score (nSPS) is 15.3. The second kappa shape index (κ2) is 9.75. The number of fused-ring (bicyclic) bond motifs is 1. The van der Waals surface area contributed by atoms with Crippen LogP contribution < -0.4 is 24.2 Å². The molecule has 166 valence electrons. The van der Waals surface area contributed by atoms with E-state index in [1.165, 1.54) is 11.3 Å². The van der Waals surface area contributed by atoms with Crippen molar-refractivity contribution in [3.8, 4) is 0 Å². The number of pyridine rings is 1. The first kappa shape index (κ1) is 22.4. The van der Waals surface area contributed by atoms with Gasteiger partial charge in [-0.3, -0.25) is 14.2 Å². The molecular weight excluding hydrogens is 442 g/mol. The second-order valence-electron chi connectivity index (χ2n) is 7.57. The Hall–Kier alpha value is -2.84. The maximum atomic E-state index is 13.5. The lowest BCUT2D eigenvalue weighted by Gasteiger charge is -2.11. The van der Waals surface area contributed by atoms with Crippen LogP contribution in [0.15, 0.2) is 58.4 Å². The second-order valence-corrected chi connectivity index (χ2v) is 9.63. The molecule has 1 aliphatic heterocycles. The van der Waals surface area contributed by atoms with Gasteiger partial charge in [-0.2, -0.15) is 4.57 Å². The van der Waals surface area contributed by atoms with E-state index in [2.05, 4.69) is 34.6 Å². The third kappa shape index (κ3) is 4.52. The van der Waals surface area contributed by atoms with E-state index in [9.17, 15) is 9.59 Å². The Morgan fingerprint density at radius 1 is 1.16 bits per heavy atom. The number of benzene rings is 1. The van der Waals surface area contributed by atoms with E-state index >= 15 is 0 Å². The Morgan fingerprint density at radius 3 is 2.69 bits per heavy atom. The number of thiazole rings is 1. The summed E-state index contributed by atoms with van der Waals surface area (Å²) in [6.07, 6.45) is 5.39. The molecule has 0 amide bonds. The Morgan fingerprint density at radius 2 is 1.94 bits per heavy atom. The minimum atomic E-state index is -0.805. The fourth-order valence-corrected chi connectivity index (χ4v) is 6.19. The number of anilines is 1. The zero-order valence-corrected chi connectivity index (χ0v) is 19.8. The lowest BCUT2D eigenvalue weighted by molar-refractivity contribution is -0.695. The van der Waals surface area contributed by atoms with Gasteiger partial charge in [-0.15, -0.1) is 11.3 Å². The van der Waals surface area contributed by atoms with Gasteiger partial charge in [0, 0.05) is 43.1 Å². The van der Waals surface area contributed by atoms with E-state index in [-0.39, 0.29) is 12.0 Å². The minimum Gasteiger partial charge on any atom is -0.481 e. The van der Waals surface area contributed by atoms with Crippen LogP contribution in [0.5, 0.6) is 0 Å². The van der Waals surface area contributed by atoms with E-state index in [1.807, 2.05) is 43.6 Å². The highest BCUT2D eigenvalue weighted by atomic mass is 32.2. The largest absolute Gasteiger partial charge is 0.481 e. The number of hydrogen-bond donors (Lipinski definition) is 1. The smallest absolute Gasteiger partial charge is 0.303 e. The van der Waals surface area contributed by atoms with Crippen molar-refractivity contribution in [1.29, 1.82) is 0 Å². The molecule has 0 unspecified atom stereocenters. The summed E-state index contributed by atoms with van der Waals surface area (Å²) in [5, 5.41) is 9.89. The van der Waals surface area contributed by atoms with Gasteiger partial charge >= 0.3 is 5.97 Å². The summed E-state index contributed by atoms with van der Waals surface area (Å²) >= 11 is 3.12. The highest BCUT2D eigenvalue weighted by Gasteiger charge is 2.24. The summed E-state index contributed by atoms with van der Waals surface area (Å²) in [4.78, 5) is 27.6. The van der Waals surface area contributed by atoms with E-state index in [1.54, 1.807) is 16.3 Å². The third-order valence-corrected chi connectivity index (χ3v) is 7.94. The fraction of sp³-hybridized carbons (Fsp3) is 0.292. The lowest BCUT2D eigenvalue weighted by Crippen LogP contribution is -2.37. The number of carboxylic acid groups (broad SMARTS) is 1. The Labute approximate surface area is 194 Å². The summed E-state index contributed by atoms with van der Waals surface area (Å²) in [6, 6.07) is 14.2.